The van der Waals surface area contributed by atoms with Crippen LogP contribution in [0.2, 0.25) is 0 Å². The third kappa shape index (κ3) is 1.57. The van der Waals surface area contributed by atoms with E-state index in [0.29, 0.717) is 6.04 Å². The molecule has 2 fully saturated rings. The Bertz CT molecular complexity index is 245. The van der Waals surface area contributed by atoms with Gasteiger partial charge < -0.3 is 9.37 Å². The molecule has 1 saturated heterocycles. The van der Waals surface area contributed by atoms with E-state index in [4.69, 9.17) is 22.3 Å². The summed E-state index contributed by atoms with van der Waals surface area (Å²) in [6.07, 6.45) is 3.29. The zero-order valence-electron chi connectivity index (χ0n) is 7.48. The second-order valence-electron chi connectivity index (χ2n) is 3.56. The van der Waals surface area contributed by atoms with Crippen LogP contribution in [-0.4, -0.2) is 29.9 Å². The van der Waals surface area contributed by atoms with Gasteiger partial charge in [0.25, 0.3) is 6.04 Å². The van der Waals surface area contributed by atoms with Crippen molar-refractivity contribution in [1.29, 1.82) is 0 Å². The average molecular weight is 219 g/mol. The van der Waals surface area contributed by atoms with E-state index in [-0.39, 0.29) is 12.1 Å². The lowest BCUT2D eigenvalue weighted by molar-refractivity contribution is 0.146. The maximum absolute atomic E-state index is 7.07. The Kier molecular flexibility index (Phi) is 2.76. The summed E-state index contributed by atoms with van der Waals surface area (Å²) in [5.74, 6) is 0. The van der Waals surface area contributed by atoms with Crippen molar-refractivity contribution >= 4 is 18.9 Å². The Labute approximate surface area is 84.5 Å². The molecule has 1 aliphatic carbocycles. The molecule has 0 aromatic heterocycles. The monoisotopic (exact) mass is 218 g/mol. The van der Waals surface area contributed by atoms with Crippen LogP contribution in [0.5, 0.6) is 0 Å². The van der Waals surface area contributed by atoms with Gasteiger partial charge in [-0.25, -0.2) is 11.2 Å². The van der Waals surface area contributed by atoms with E-state index in [1.54, 1.807) is 0 Å². The lowest BCUT2D eigenvalue weighted by atomic mass is 9.89. The molecule has 1 aliphatic heterocycles. The van der Waals surface area contributed by atoms with E-state index in [1.807, 2.05) is 7.05 Å². The molecule has 2 unspecified atom stereocenters. The minimum atomic E-state index is -0.947. The number of fused-ring (bicyclic) bond motifs is 1. The predicted molar refractivity (Wildman–Crippen MR) is 53.4 cm³/mol. The first kappa shape index (κ1) is 9.68. The number of nitrogens with zero attached hydrogens (tertiary/aromatic N) is 2. The van der Waals surface area contributed by atoms with Crippen LogP contribution in [0.4, 0.5) is 0 Å². The summed E-state index contributed by atoms with van der Waals surface area (Å²) in [5.41, 5.74) is 0. The van der Waals surface area contributed by atoms with E-state index in [1.165, 1.54) is 0 Å². The quantitative estimate of drug-likeness (QED) is 0.459. The van der Waals surface area contributed by atoms with E-state index in [0.717, 1.165) is 19.3 Å². The van der Waals surface area contributed by atoms with Gasteiger partial charge in [-0.3, -0.25) is 0 Å². The number of rotatable bonds is 0. The molecule has 4 atom stereocenters. The molecule has 0 amide bonds. The average Bonchev–Trinajstić information content (AvgIpc) is 2.43. The molecular formula is C8H12ClN2OP. The molecule has 0 aromatic carbocycles. The number of likely N-dealkylation sites (N-methyl/N-ethyl adjacent to an activating group) is 1. The molecule has 0 aromatic rings. The molecule has 0 spiro atoms. The molecule has 3 nitrogen and oxygen atoms in total. The smallest absolute Gasteiger partial charge is 0.251 e. The maximum atomic E-state index is 7.07. The molecule has 2 rings (SSSR count). The van der Waals surface area contributed by atoms with Crippen molar-refractivity contribution in [2.24, 2.45) is 0 Å². The summed E-state index contributed by atoms with van der Waals surface area (Å²) in [4.78, 5) is 3.61. The minimum Gasteiger partial charge on any atom is -0.318 e. The minimum absolute atomic E-state index is 0.0347. The molecule has 1 heterocycles. The Balaban J connectivity index is 2.14. The third-order valence-electron chi connectivity index (χ3n) is 2.86. The normalized spacial score (nSPS) is 45.6. The van der Waals surface area contributed by atoms with Crippen molar-refractivity contribution < 1.29 is 4.52 Å². The Hall–Kier alpha value is 0.130. The highest BCUT2D eigenvalue weighted by Crippen LogP contribution is 2.57. The van der Waals surface area contributed by atoms with Crippen molar-refractivity contribution in [2.75, 3.05) is 7.05 Å². The van der Waals surface area contributed by atoms with Gasteiger partial charge in [0.2, 0.25) is 7.65 Å². The lowest BCUT2D eigenvalue weighted by Gasteiger charge is -2.26. The SMILES string of the molecule is [C-]#[N+][C@H]1CCCC2[C@H]1OP(Cl)N2C. The van der Waals surface area contributed by atoms with Crippen LogP contribution in [0.3, 0.4) is 0 Å². The van der Waals surface area contributed by atoms with Crippen LogP contribution in [0.15, 0.2) is 0 Å². The molecule has 72 valence electrons. The largest absolute Gasteiger partial charge is 0.318 e. The summed E-state index contributed by atoms with van der Waals surface area (Å²) in [6.45, 7) is 7.07. The second-order valence-corrected chi connectivity index (χ2v) is 5.73. The fraction of sp³-hybridized carbons (Fsp3) is 0.875. The van der Waals surface area contributed by atoms with Crippen LogP contribution in [0.1, 0.15) is 19.3 Å². The Morgan fingerprint density at radius 2 is 2.38 bits per heavy atom. The molecule has 5 heteroatoms. The topological polar surface area (TPSA) is 16.8 Å². The summed E-state index contributed by atoms with van der Waals surface area (Å²) in [5, 5.41) is 0. The second kappa shape index (κ2) is 3.71. The predicted octanol–water partition coefficient (Wildman–Crippen LogP) is 2.62. The maximum Gasteiger partial charge on any atom is 0.251 e. The fourth-order valence-corrected chi connectivity index (χ4v) is 3.81. The first-order chi connectivity index (χ1) is 6.24. The van der Waals surface area contributed by atoms with Gasteiger partial charge in [0, 0.05) is 6.42 Å². The third-order valence-corrected chi connectivity index (χ3v) is 5.03. The highest BCUT2D eigenvalue weighted by Gasteiger charge is 2.49. The van der Waals surface area contributed by atoms with Gasteiger partial charge in [-0.05, 0) is 31.1 Å². The standard InChI is InChI=1S/C8H12ClN2OP/c1-10-6-4-3-5-7-8(6)12-13(9)11(7)2/h6-8H,3-5H2,2H3/t6-,7?,8-,13?/m0/s1. The zero-order valence-corrected chi connectivity index (χ0v) is 9.13. The molecular weight excluding hydrogens is 207 g/mol. The Morgan fingerprint density at radius 3 is 3.08 bits per heavy atom. The van der Waals surface area contributed by atoms with E-state index >= 15 is 0 Å². The zero-order chi connectivity index (χ0) is 9.42. The van der Waals surface area contributed by atoms with Crippen LogP contribution < -0.4 is 0 Å². The molecule has 1 saturated carbocycles. The number of hydrogen-bond donors (Lipinski definition) is 0. The summed E-state index contributed by atoms with van der Waals surface area (Å²) >= 11 is 6.03. The van der Waals surface area contributed by atoms with Crippen molar-refractivity contribution in [3.8, 4) is 0 Å². The van der Waals surface area contributed by atoms with Gasteiger partial charge in [-0.1, -0.05) is 0 Å². The van der Waals surface area contributed by atoms with Gasteiger partial charge in [0.15, 0.2) is 6.10 Å². The van der Waals surface area contributed by atoms with Gasteiger partial charge >= 0.3 is 0 Å². The van der Waals surface area contributed by atoms with Crippen LogP contribution >= 0.6 is 18.9 Å². The summed E-state index contributed by atoms with van der Waals surface area (Å²) < 4.78 is 7.72. The Morgan fingerprint density at radius 1 is 1.62 bits per heavy atom. The van der Waals surface area contributed by atoms with Crippen LogP contribution in [-0.2, 0) is 4.52 Å². The molecule has 0 N–H and O–H groups in total. The first-order valence-corrected chi connectivity index (χ1v) is 6.58. The highest BCUT2D eigenvalue weighted by atomic mass is 35.7. The van der Waals surface area contributed by atoms with Gasteiger partial charge in [-0.2, -0.15) is 0 Å². The molecule has 0 bridgehead atoms. The van der Waals surface area contributed by atoms with Gasteiger partial charge in [-0.15, -0.1) is 0 Å². The highest BCUT2D eigenvalue weighted by molar-refractivity contribution is 7.78. The molecule has 13 heavy (non-hydrogen) atoms. The summed E-state index contributed by atoms with van der Waals surface area (Å²) in [6, 6.07) is 0.420. The molecule has 0 radical (unpaired) electrons. The first-order valence-electron chi connectivity index (χ1n) is 4.46. The van der Waals surface area contributed by atoms with E-state index in [9.17, 15) is 0 Å². The van der Waals surface area contributed by atoms with E-state index < -0.39 is 7.65 Å². The summed E-state index contributed by atoms with van der Waals surface area (Å²) in [7, 11) is 1.05. The van der Waals surface area contributed by atoms with Crippen LogP contribution in [0, 0.1) is 6.57 Å². The number of halogens is 1. The van der Waals surface area contributed by atoms with Crippen molar-refractivity contribution in [2.45, 2.75) is 37.5 Å². The molecule has 2 aliphatic rings. The lowest BCUT2D eigenvalue weighted by Crippen LogP contribution is -2.41. The van der Waals surface area contributed by atoms with Gasteiger partial charge in [0.05, 0.1) is 6.04 Å². The van der Waals surface area contributed by atoms with Crippen molar-refractivity contribution in [1.82, 2.24) is 4.67 Å². The van der Waals surface area contributed by atoms with E-state index in [2.05, 4.69) is 9.52 Å². The van der Waals surface area contributed by atoms with Gasteiger partial charge in [0.1, 0.15) is 0 Å². The van der Waals surface area contributed by atoms with Crippen LogP contribution in [0.25, 0.3) is 4.85 Å². The fourth-order valence-electron chi connectivity index (χ4n) is 2.09. The number of hydrogen-bond acceptors (Lipinski definition) is 2. The van der Waals surface area contributed by atoms with Crippen molar-refractivity contribution in [3.63, 3.8) is 0 Å². The van der Waals surface area contributed by atoms with Crippen molar-refractivity contribution in [3.05, 3.63) is 11.4 Å².